The summed E-state index contributed by atoms with van der Waals surface area (Å²) in [5, 5.41) is 0. The smallest absolute Gasteiger partial charge is 0.161 e. The van der Waals surface area contributed by atoms with Crippen LogP contribution in [0.2, 0.25) is 0 Å². The number of anilines is 2. The van der Waals surface area contributed by atoms with Gasteiger partial charge in [-0.1, -0.05) is 0 Å². The molecule has 0 aliphatic carbocycles. The van der Waals surface area contributed by atoms with Crippen molar-refractivity contribution in [2.24, 2.45) is 0 Å². The van der Waals surface area contributed by atoms with Crippen molar-refractivity contribution in [3.63, 3.8) is 0 Å². The number of nitrogens with two attached hydrogens (primary N) is 2. The maximum absolute atomic E-state index is 5.86. The summed E-state index contributed by atoms with van der Waals surface area (Å²) in [5.41, 5.74) is 12.9. The minimum atomic E-state index is 0.531. The van der Waals surface area contributed by atoms with E-state index in [-0.39, 0.29) is 0 Å². The Morgan fingerprint density at radius 3 is 3.00 bits per heavy atom. The standard InChI is InChI=1S/C9H12N2O2S/c1-12-6-4-5(10)9-8(7(6)11)13-2-3-14-9/h4H,2-3,10-11H2,1H3. The third-order valence-corrected chi connectivity index (χ3v) is 3.14. The molecule has 0 saturated carbocycles. The normalized spacial score (nSPS) is 14.4. The lowest BCUT2D eigenvalue weighted by atomic mass is 10.2. The van der Waals surface area contributed by atoms with Crippen LogP contribution >= 0.6 is 11.8 Å². The van der Waals surface area contributed by atoms with Crippen molar-refractivity contribution < 1.29 is 9.47 Å². The Kier molecular flexibility index (Phi) is 2.33. The fourth-order valence-corrected chi connectivity index (χ4v) is 2.29. The summed E-state index contributed by atoms with van der Waals surface area (Å²) in [5.74, 6) is 2.14. The van der Waals surface area contributed by atoms with Gasteiger partial charge in [-0.3, -0.25) is 0 Å². The van der Waals surface area contributed by atoms with Crippen molar-refractivity contribution in [2.75, 3.05) is 30.9 Å². The second-order valence-electron chi connectivity index (χ2n) is 2.94. The van der Waals surface area contributed by atoms with Gasteiger partial charge in [-0.05, 0) is 0 Å². The van der Waals surface area contributed by atoms with Crippen molar-refractivity contribution in [3.05, 3.63) is 6.07 Å². The third kappa shape index (κ3) is 1.33. The Hall–Kier alpha value is -1.23. The molecule has 0 unspecified atom stereocenters. The van der Waals surface area contributed by atoms with Crippen molar-refractivity contribution in [3.8, 4) is 11.5 Å². The van der Waals surface area contributed by atoms with Gasteiger partial charge in [-0.2, -0.15) is 0 Å². The predicted octanol–water partition coefficient (Wildman–Crippen LogP) is 1.34. The zero-order valence-corrected chi connectivity index (χ0v) is 8.69. The van der Waals surface area contributed by atoms with Crippen LogP contribution in [0.1, 0.15) is 0 Å². The van der Waals surface area contributed by atoms with Crippen LogP contribution in [-0.4, -0.2) is 19.5 Å². The van der Waals surface area contributed by atoms with Gasteiger partial charge in [-0.25, -0.2) is 0 Å². The van der Waals surface area contributed by atoms with Crippen LogP contribution in [0.25, 0.3) is 0 Å². The maximum atomic E-state index is 5.86. The van der Waals surface area contributed by atoms with Gasteiger partial charge in [0, 0.05) is 11.8 Å². The van der Waals surface area contributed by atoms with E-state index in [2.05, 4.69) is 0 Å². The van der Waals surface area contributed by atoms with Gasteiger partial charge in [0.1, 0.15) is 11.4 Å². The summed E-state index contributed by atoms with van der Waals surface area (Å²) >= 11 is 1.66. The summed E-state index contributed by atoms with van der Waals surface area (Å²) < 4.78 is 10.6. The van der Waals surface area contributed by atoms with E-state index in [4.69, 9.17) is 20.9 Å². The molecule has 0 aromatic heterocycles. The first-order chi connectivity index (χ1) is 6.74. The quantitative estimate of drug-likeness (QED) is 0.687. The third-order valence-electron chi connectivity index (χ3n) is 2.06. The molecule has 76 valence electrons. The first-order valence-electron chi connectivity index (χ1n) is 4.25. The summed E-state index contributed by atoms with van der Waals surface area (Å²) in [6.45, 7) is 0.661. The average molecular weight is 212 g/mol. The number of fused-ring (bicyclic) bond motifs is 1. The van der Waals surface area contributed by atoms with Crippen molar-refractivity contribution in [2.45, 2.75) is 4.90 Å². The number of benzene rings is 1. The number of hydrogen-bond acceptors (Lipinski definition) is 5. The number of nitrogen functional groups attached to an aromatic ring is 2. The molecule has 5 heteroatoms. The molecule has 4 N–H and O–H groups in total. The SMILES string of the molecule is COc1cc(N)c2c(c1N)OCCS2. The van der Waals surface area contributed by atoms with Gasteiger partial charge < -0.3 is 20.9 Å². The molecule has 0 saturated heterocycles. The van der Waals surface area contributed by atoms with Crippen molar-refractivity contribution in [1.29, 1.82) is 0 Å². The number of thioether (sulfide) groups is 1. The van der Waals surface area contributed by atoms with Crippen LogP contribution in [0.3, 0.4) is 0 Å². The van der Waals surface area contributed by atoms with E-state index in [1.807, 2.05) is 0 Å². The molecular weight excluding hydrogens is 200 g/mol. The molecule has 0 amide bonds. The van der Waals surface area contributed by atoms with E-state index >= 15 is 0 Å². The highest BCUT2D eigenvalue weighted by atomic mass is 32.2. The first kappa shape index (κ1) is 9.33. The predicted molar refractivity (Wildman–Crippen MR) is 58.0 cm³/mol. The lowest BCUT2D eigenvalue weighted by Gasteiger charge is -2.21. The van der Waals surface area contributed by atoms with Gasteiger partial charge in [0.2, 0.25) is 0 Å². The highest BCUT2D eigenvalue weighted by Crippen LogP contribution is 2.46. The molecule has 0 radical (unpaired) electrons. The van der Waals surface area contributed by atoms with E-state index in [1.54, 1.807) is 24.9 Å². The Labute approximate surface area is 86.6 Å². The average Bonchev–Trinajstić information content (AvgIpc) is 2.23. The molecule has 1 aromatic carbocycles. The van der Waals surface area contributed by atoms with E-state index in [9.17, 15) is 0 Å². The summed E-state index contributed by atoms with van der Waals surface area (Å²) in [4.78, 5) is 0.926. The highest BCUT2D eigenvalue weighted by molar-refractivity contribution is 7.99. The Bertz CT molecular complexity index is 368. The number of rotatable bonds is 1. The molecule has 1 heterocycles. The van der Waals surface area contributed by atoms with Gasteiger partial charge in [-0.15, -0.1) is 11.8 Å². The molecule has 0 atom stereocenters. The number of ether oxygens (including phenoxy) is 2. The van der Waals surface area contributed by atoms with Crippen LogP contribution in [-0.2, 0) is 0 Å². The van der Waals surface area contributed by atoms with E-state index in [0.717, 1.165) is 10.6 Å². The molecular formula is C9H12N2O2S. The van der Waals surface area contributed by atoms with Gasteiger partial charge in [0.15, 0.2) is 5.75 Å². The molecule has 4 nitrogen and oxygen atoms in total. The minimum Gasteiger partial charge on any atom is -0.494 e. The zero-order valence-electron chi connectivity index (χ0n) is 7.87. The minimum absolute atomic E-state index is 0.531. The van der Waals surface area contributed by atoms with Crippen LogP contribution in [0.4, 0.5) is 11.4 Å². The zero-order chi connectivity index (χ0) is 10.1. The molecule has 1 aliphatic heterocycles. The second kappa shape index (κ2) is 3.49. The fourth-order valence-electron chi connectivity index (χ4n) is 1.40. The Balaban J connectivity index is 2.58. The molecule has 2 rings (SSSR count). The van der Waals surface area contributed by atoms with E-state index < -0.39 is 0 Å². The summed E-state index contributed by atoms with van der Waals surface area (Å²) in [7, 11) is 1.56. The van der Waals surface area contributed by atoms with Crippen LogP contribution in [0, 0.1) is 0 Å². The van der Waals surface area contributed by atoms with Gasteiger partial charge in [0.25, 0.3) is 0 Å². The fraction of sp³-hybridized carbons (Fsp3) is 0.333. The van der Waals surface area contributed by atoms with Gasteiger partial charge in [0.05, 0.1) is 24.3 Å². The monoisotopic (exact) mass is 212 g/mol. The Morgan fingerprint density at radius 2 is 2.29 bits per heavy atom. The lowest BCUT2D eigenvalue weighted by Crippen LogP contribution is -2.11. The number of methoxy groups -OCH3 is 1. The highest BCUT2D eigenvalue weighted by Gasteiger charge is 2.20. The number of hydrogen-bond donors (Lipinski definition) is 2. The van der Waals surface area contributed by atoms with Crippen LogP contribution in [0.15, 0.2) is 11.0 Å². The molecule has 14 heavy (non-hydrogen) atoms. The van der Waals surface area contributed by atoms with Gasteiger partial charge >= 0.3 is 0 Å². The Morgan fingerprint density at radius 1 is 1.50 bits per heavy atom. The summed E-state index contributed by atoms with van der Waals surface area (Å²) in [6.07, 6.45) is 0. The van der Waals surface area contributed by atoms with Crippen molar-refractivity contribution >= 4 is 23.1 Å². The molecule has 0 fully saturated rings. The summed E-state index contributed by atoms with van der Waals surface area (Å²) in [6, 6.07) is 1.73. The van der Waals surface area contributed by atoms with Crippen LogP contribution in [0.5, 0.6) is 11.5 Å². The largest absolute Gasteiger partial charge is 0.494 e. The lowest BCUT2D eigenvalue weighted by molar-refractivity contribution is 0.329. The van der Waals surface area contributed by atoms with E-state index in [1.165, 1.54) is 0 Å². The topological polar surface area (TPSA) is 70.5 Å². The molecule has 0 bridgehead atoms. The maximum Gasteiger partial charge on any atom is 0.161 e. The van der Waals surface area contributed by atoms with Crippen molar-refractivity contribution in [1.82, 2.24) is 0 Å². The molecule has 1 aromatic rings. The molecule has 0 spiro atoms. The second-order valence-corrected chi connectivity index (χ2v) is 4.04. The molecule has 1 aliphatic rings. The first-order valence-corrected chi connectivity index (χ1v) is 5.24. The van der Waals surface area contributed by atoms with Crippen LogP contribution < -0.4 is 20.9 Å². The van der Waals surface area contributed by atoms with E-state index in [0.29, 0.717) is 29.5 Å².